The van der Waals surface area contributed by atoms with Crippen LogP contribution < -0.4 is 20.3 Å². The molecule has 1 aromatic carbocycles. The molecule has 0 bridgehead atoms. The highest BCUT2D eigenvalue weighted by Crippen LogP contribution is 2.44. The first-order valence-corrected chi connectivity index (χ1v) is 13.8. The second kappa shape index (κ2) is 10.8. The Kier molecular flexibility index (Phi) is 7.43. The van der Waals surface area contributed by atoms with Gasteiger partial charge in [-0.05, 0) is 61.0 Å². The number of hydrogen-bond donors (Lipinski definition) is 2. The average molecular weight is 532 g/mol. The van der Waals surface area contributed by atoms with Gasteiger partial charge in [0.2, 0.25) is 5.91 Å². The van der Waals surface area contributed by atoms with Gasteiger partial charge in [-0.2, -0.15) is 0 Å². The molecular weight excluding hydrogens is 494 g/mol. The molecule has 3 heterocycles. The van der Waals surface area contributed by atoms with E-state index in [1.807, 2.05) is 63.4 Å². The summed E-state index contributed by atoms with van der Waals surface area (Å²) in [5, 5.41) is 7.17. The van der Waals surface area contributed by atoms with Crippen molar-refractivity contribution in [3.8, 4) is 5.75 Å². The third kappa shape index (κ3) is 5.27. The maximum Gasteiger partial charge on any atom is 0.229 e. The van der Waals surface area contributed by atoms with Gasteiger partial charge in [-0.3, -0.25) is 9.78 Å². The topological polar surface area (TPSA) is 71.4 Å². The van der Waals surface area contributed by atoms with Gasteiger partial charge < -0.3 is 24.8 Å². The first-order chi connectivity index (χ1) is 18.3. The Morgan fingerprint density at radius 1 is 1.13 bits per heavy atom. The fourth-order valence-corrected chi connectivity index (χ4v) is 5.77. The Balaban J connectivity index is 1.52. The minimum atomic E-state index is -0.517. The summed E-state index contributed by atoms with van der Waals surface area (Å²) in [6.07, 6.45) is 12.7. The molecule has 5 rings (SSSR count). The molecule has 1 saturated heterocycles. The minimum Gasteiger partial charge on any atom is -0.494 e. The standard InChI is InChI=1S/C30H37N5O2S/c1-30(2,3)28(36)32-23-14-13-22(18-25(23)37-4)35-27(26(33-29(35)38)24-12-8-9-16-31-24)20-15-17-34(19-20)21-10-6-5-7-11-21/h8-9,12-19,21,26-27H,5-7,10-11H2,1-4H3,(H,32,36)(H,33,38)/t26-,27+/m0/s1. The summed E-state index contributed by atoms with van der Waals surface area (Å²) >= 11 is 5.91. The van der Waals surface area contributed by atoms with Crippen molar-refractivity contribution in [3.63, 3.8) is 0 Å². The van der Waals surface area contributed by atoms with Crippen molar-refractivity contribution >= 4 is 34.6 Å². The second-order valence-corrected chi connectivity index (χ2v) is 11.7. The molecule has 7 nitrogen and oxygen atoms in total. The van der Waals surface area contributed by atoms with Crippen molar-refractivity contribution in [1.29, 1.82) is 0 Å². The van der Waals surface area contributed by atoms with E-state index < -0.39 is 5.41 Å². The summed E-state index contributed by atoms with van der Waals surface area (Å²) in [5.41, 5.74) is 3.13. The van der Waals surface area contributed by atoms with Crippen LogP contribution in [0.1, 0.15) is 82.3 Å². The van der Waals surface area contributed by atoms with E-state index in [4.69, 9.17) is 17.0 Å². The molecule has 2 aliphatic rings. The van der Waals surface area contributed by atoms with Gasteiger partial charge in [-0.25, -0.2) is 0 Å². The van der Waals surface area contributed by atoms with E-state index in [1.54, 1.807) is 7.11 Å². The number of carbonyl (C=O) groups excluding carboxylic acids is 1. The highest BCUT2D eigenvalue weighted by Gasteiger charge is 2.41. The molecule has 2 atom stereocenters. The molecule has 2 N–H and O–H groups in total. The summed E-state index contributed by atoms with van der Waals surface area (Å²) in [7, 11) is 1.62. The SMILES string of the molecule is COc1cc(N2C(=S)N[C@@H](c3ccccn3)[C@H]2c2ccn(C3CCCCC3)c2)ccc1NC(=O)C(C)(C)C. The number of carbonyl (C=O) groups is 1. The smallest absolute Gasteiger partial charge is 0.229 e. The molecule has 0 unspecified atom stereocenters. The minimum absolute atomic E-state index is 0.0703. The predicted molar refractivity (Wildman–Crippen MR) is 156 cm³/mol. The van der Waals surface area contributed by atoms with Gasteiger partial charge in [-0.1, -0.05) is 46.1 Å². The number of thiocarbonyl (C=S) groups is 1. The number of amides is 1. The first kappa shape index (κ1) is 26.2. The molecule has 0 spiro atoms. The van der Waals surface area contributed by atoms with Crippen molar-refractivity contribution in [3.05, 3.63) is 72.3 Å². The molecule has 1 amide bonds. The van der Waals surface area contributed by atoms with Crippen molar-refractivity contribution in [2.24, 2.45) is 5.41 Å². The van der Waals surface area contributed by atoms with Gasteiger partial charge in [0.1, 0.15) is 5.75 Å². The lowest BCUT2D eigenvalue weighted by Gasteiger charge is -2.28. The van der Waals surface area contributed by atoms with Crippen LogP contribution in [0.2, 0.25) is 0 Å². The van der Waals surface area contributed by atoms with Gasteiger partial charge in [0.05, 0.1) is 30.6 Å². The summed E-state index contributed by atoms with van der Waals surface area (Å²) in [4.78, 5) is 19.5. The van der Waals surface area contributed by atoms with Crippen LogP contribution in [0.15, 0.2) is 61.1 Å². The number of anilines is 2. The molecule has 8 heteroatoms. The zero-order chi connectivity index (χ0) is 26.9. The maximum atomic E-state index is 12.6. The first-order valence-electron chi connectivity index (χ1n) is 13.4. The Hall–Kier alpha value is -3.39. The van der Waals surface area contributed by atoms with E-state index in [0.717, 1.165) is 11.4 Å². The molecule has 2 fully saturated rings. The van der Waals surface area contributed by atoms with E-state index >= 15 is 0 Å². The van der Waals surface area contributed by atoms with Crippen LogP contribution in [0.25, 0.3) is 0 Å². The molecule has 3 aromatic rings. The van der Waals surface area contributed by atoms with Gasteiger partial charge in [-0.15, -0.1) is 0 Å². The van der Waals surface area contributed by atoms with Crippen LogP contribution in [0, 0.1) is 5.41 Å². The lowest BCUT2D eigenvalue weighted by atomic mass is 9.95. The van der Waals surface area contributed by atoms with Crippen LogP contribution in [0.3, 0.4) is 0 Å². The molecule has 1 aliphatic heterocycles. The highest BCUT2D eigenvalue weighted by atomic mass is 32.1. The number of aromatic nitrogens is 2. The van der Waals surface area contributed by atoms with E-state index in [0.29, 0.717) is 22.6 Å². The second-order valence-electron chi connectivity index (χ2n) is 11.3. The van der Waals surface area contributed by atoms with Crippen LogP contribution in [-0.2, 0) is 4.79 Å². The number of benzene rings is 1. The van der Waals surface area contributed by atoms with Crippen LogP contribution in [0.4, 0.5) is 11.4 Å². The molecule has 200 valence electrons. The lowest BCUT2D eigenvalue weighted by molar-refractivity contribution is -0.123. The Bertz CT molecular complexity index is 1290. The summed E-state index contributed by atoms with van der Waals surface area (Å²) < 4.78 is 8.09. The average Bonchev–Trinajstić information content (AvgIpc) is 3.54. The normalized spacial score (nSPS) is 20.3. The van der Waals surface area contributed by atoms with Crippen molar-refractivity contribution in [2.75, 3.05) is 17.3 Å². The number of ether oxygens (including phenoxy) is 1. The van der Waals surface area contributed by atoms with Crippen LogP contribution in [-0.4, -0.2) is 27.7 Å². The Morgan fingerprint density at radius 3 is 2.61 bits per heavy atom. The van der Waals surface area contributed by atoms with E-state index in [1.165, 1.54) is 37.7 Å². The van der Waals surface area contributed by atoms with E-state index in [2.05, 4.69) is 43.5 Å². The fraction of sp³-hybridized carbons (Fsp3) is 0.433. The van der Waals surface area contributed by atoms with Crippen LogP contribution in [0.5, 0.6) is 5.75 Å². The van der Waals surface area contributed by atoms with Gasteiger partial charge in [0.15, 0.2) is 5.11 Å². The molecule has 38 heavy (non-hydrogen) atoms. The third-order valence-corrected chi connectivity index (χ3v) is 7.88. The van der Waals surface area contributed by atoms with Gasteiger partial charge >= 0.3 is 0 Å². The number of pyridine rings is 1. The quantitative estimate of drug-likeness (QED) is 0.351. The van der Waals surface area contributed by atoms with E-state index in [-0.39, 0.29) is 18.0 Å². The van der Waals surface area contributed by atoms with Gasteiger partial charge in [0, 0.05) is 41.8 Å². The monoisotopic (exact) mass is 531 g/mol. The maximum absolute atomic E-state index is 12.6. The van der Waals surface area contributed by atoms with E-state index in [9.17, 15) is 4.79 Å². The molecule has 1 saturated carbocycles. The van der Waals surface area contributed by atoms with Crippen molar-refractivity contribution in [2.45, 2.75) is 71.0 Å². The number of nitrogens with one attached hydrogen (secondary N) is 2. The Labute approximate surface area is 230 Å². The van der Waals surface area contributed by atoms with Crippen LogP contribution >= 0.6 is 12.2 Å². The molecule has 0 radical (unpaired) electrons. The number of methoxy groups -OCH3 is 1. The number of hydrogen-bond acceptors (Lipinski definition) is 4. The molecular formula is C30H37N5O2S. The highest BCUT2D eigenvalue weighted by molar-refractivity contribution is 7.80. The zero-order valence-electron chi connectivity index (χ0n) is 22.6. The summed E-state index contributed by atoms with van der Waals surface area (Å²) in [6, 6.07) is 14.4. The van der Waals surface area contributed by atoms with Crippen molar-refractivity contribution in [1.82, 2.24) is 14.9 Å². The number of rotatable bonds is 6. The zero-order valence-corrected chi connectivity index (χ0v) is 23.4. The largest absolute Gasteiger partial charge is 0.494 e. The third-order valence-electron chi connectivity index (χ3n) is 7.57. The fourth-order valence-electron chi connectivity index (χ4n) is 5.43. The predicted octanol–water partition coefficient (Wildman–Crippen LogP) is 6.56. The molecule has 2 aromatic heterocycles. The lowest BCUT2D eigenvalue weighted by Crippen LogP contribution is -2.30. The molecule has 1 aliphatic carbocycles. The summed E-state index contributed by atoms with van der Waals surface area (Å²) in [6.45, 7) is 5.66. The Morgan fingerprint density at radius 2 is 1.92 bits per heavy atom. The van der Waals surface area contributed by atoms with Gasteiger partial charge in [0.25, 0.3) is 0 Å². The van der Waals surface area contributed by atoms with Crippen molar-refractivity contribution < 1.29 is 9.53 Å². The summed E-state index contributed by atoms with van der Waals surface area (Å²) in [5.74, 6) is 0.516. The number of nitrogens with zero attached hydrogens (tertiary/aromatic N) is 3.